The van der Waals surface area contributed by atoms with Gasteiger partial charge in [-0.1, -0.05) is 30.3 Å². The molecule has 0 radical (unpaired) electrons. The molecular formula is C17H19NO2S2. The molecule has 5 rings (SSSR count). The van der Waals surface area contributed by atoms with Crippen LogP contribution in [0.5, 0.6) is 0 Å². The van der Waals surface area contributed by atoms with Gasteiger partial charge in [0.25, 0.3) is 0 Å². The molecule has 3 nitrogen and oxygen atoms in total. The van der Waals surface area contributed by atoms with E-state index in [0.717, 1.165) is 6.42 Å². The van der Waals surface area contributed by atoms with Gasteiger partial charge < -0.3 is 9.64 Å². The maximum absolute atomic E-state index is 13.2. The topological polar surface area (TPSA) is 29.5 Å². The highest BCUT2D eigenvalue weighted by Crippen LogP contribution is 2.70. The van der Waals surface area contributed by atoms with Crippen molar-refractivity contribution in [3.63, 3.8) is 0 Å². The second-order valence-corrected chi connectivity index (χ2v) is 9.91. The molecule has 1 aromatic rings. The molecule has 3 saturated heterocycles. The number of thioether (sulfide) groups is 2. The van der Waals surface area contributed by atoms with Gasteiger partial charge in [0, 0.05) is 17.4 Å². The summed E-state index contributed by atoms with van der Waals surface area (Å²) >= 11 is 4.01. The highest BCUT2D eigenvalue weighted by molar-refractivity contribution is 8.21. The van der Waals surface area contributed by atoms with Crippen LogP contribution in [0, 0.1) is 11.8 Å². The van der Waals surface area contributed by atoms with Crippen molar-refractivity contribution < 1.29 is 9.53 Å². The van der Waals surface area contributed by atoms with Gasteiger partial charge in [-0.2, -0.15) is 0 Å². The van der Waals surface area contributed by atoms with Gasteiger partial charge >= 0.3 is 0 Å². The molecule has 116 valence electrons. The maximum Gasteiger partial charge on any atom is 0.231 e. The normalized spacial score (nSPS) is 41.6. The predicted molar refractivity (Wildman–Crippen MR) is 89.6 cm³/mol. The molecule has 1 aromatic carbocycles. The van der Waals surface area contributed by atoms with E-state index in [1.54, 1.807) is 0 Å². The molecule has 5 heteroatoms. The highest BCUT2D eigenvalue weighted by atomic mass is 32.2. The molecule has 1 unspecified atom stereocenters. The quantitative estimate of drug-likeness (QED) is 0.790. The lowest BCUT2D eigenvalue weighted by molar-refractivity contribution is -0.138. The van der Waals surface area contributed by atoms with Crippen LogP contribution in [0.3, 0.4) is 0 Å². The summed E-state index contributed by atoms with van der Waals surface area (Å²) in [4.78, 5) is 15.3. The first kappa shape index (κ1) is 13.8. The van der Waals surface area contributed by atoms with E-state index < -0.39 is 5.72 Å². The molecule has 4 atom stereocenters. The highest BCUT2D eigenvalue weighted by Gasteiger charge is 2.74. The SMILES string of the molecule is C[C@]12OC[C@H](c3ccccc3)N1C(=O)C1[C@H]2CC12SCCS2. The number of fused-ring (bicyclic) bond motifs is 4. The largest absolute Gasteiger partial charge is 0.353 e. The first-order valence-electron chi connectivity index (χ1n) is 7.96. The van der Waals surface area contributed by atoms with Crippen molar-refractivity contribution in [1.82, 2.24) is 4.90 Å². The van der Waals surface area contributed by atoms with E-state index in [9.17, 15) is 4.79 Å². The van der Waals surface area contributed by atoms with E-state index >= 15 is 0 Å². The summed E-state index contributed by atoms with van der Waals surface area (Å²) in [6, 6.07) is 10.4. The lowest BCUT2D eigenvalue weighted by atomic mass is 9.70. The zero-order chi connectivity index (χ0) is 14.9. The summed E-state index contributed by atoms with van der Waals surface area (Å²) in [6.45, 7) is 2.76. The van der Waals surface area contributed by atoms with Crippen molar-refractivity contribution in [2.45, 2.75) is 29.2 Å². The van der Waals surface area contributed by atoms with Gasteiger partial charge in [-0.3, -0.25) is 4.79 Å². The van der Waals surface area contributed by atoms with Crippen LogP contribution in [0.25, 0.3) is 0 Å². The van der Waals surface area contributed by atoms with Gasteiger partial charge in [-0.25, -0.2) is 0 Å². The van der Waals surface area contributed by atoms with Crippen molar-refractivity contribution in [3.05, 3.63) is 35.9 Å². The van der Waals surface area contributed by atoms with Crippen molar-refractivity contribution in [3.8, 4) is 0 Å². The molecule has 1 amide bonds. The molecular weight excluding hydrogens is 314 g/mol. The Labute approximate surface area is 139 Å². The van der Waals surface area contributed by atoms with Crippen molar-refractivity contribution >= 4 is 29.4 Å². The number of carbonyl (C=O) groups excluding carboxylic acids is 1. The van der Waals surface area contributed by atoms with E-state index in [2.05, 4.69) is 24.0 Å². The first-order chi connectivity index (χ1) is 10.7. The number of rotatable bonds is 1. The number of hydrogen-bond donors (Lipinski definition) is 0. The molecule has 0 aromatic heterocycles. The zero-order valence-electron chi connectivity index (χ0n) is 12.5. The Balaban J connectivity index is 1.52. The smallest absolute Gasteiger partial charge is 0.231 e. The van der Waals surface area contributed by atoms with Crippen molar-refractivity contribution in [1.29, 1.82) is 0 Å². The maximum atomic E-state index is 13.2. The van der Waals surface area contributed by atoms with Crippen LogP contribution in [-0.2, 0) is 9.53 Å². The molecule has 1 aliphatic carbocycles. The van der Waals surface area contributed by atoms with E-state index in [4.69, 9.17) is 4.74 Å². The summed E-state index contributed by atoms with van der Waals surface area (Å²) in [5.41, 5.74) is 0.804. The van der Waals surface area contributed by atoms with Crippen LogP contribution in [0.15, 0.2) is 30.3 Å². The zero-order valence-corrected chi connectivity index (χ0v) is 14.2. The molecule has 1 spiro atoms. The summed E-state index contributed by atoms with van der Waals surface area (Å²) < 4.78 is 6.38. The average molecular weight is 333 g/mol. The number of hydrogen-bond acceptors (Lipinski definition) is 4. The van der Waals surface area contributed by atoms with Gasteiger partial charge in [0.15, 0.2) is 0 Å². The second kappa shape index (κ2) is 4.46. The van der Waals surface area contributed by atoms with Crippen LogP contribution in [0.1, 0.15) is 24.9 Å². The van der Waals surface area contributed by atoms with E-state index in [1.165, 1.54) is 17.1 Å². The average Bonchev–Trinajstić information content (AvgIpc) is 3.15. The third kappa shape index (κ3) is 1.53. The molecule has 4 fully saturated rings. The third-order valence-corrected chi connectivity index (χ3v) is 9.46. The molecule has 0 N–H and O–H groups in total. The fourth-order valence-corrected chi connectivity index (χ4v) is 8.43. The minimum atomic E-state index is -0.392. The molecule has 22 heavy (non-hydrogen) atoms. The van der Waals surface area contributed by atoms with Gasteiger partial charge in [0.05, 0.1) is 22.6 Å². The lowest BCUT2D eigenvalue weighted by Crippen LogP contribution is -2.53. The van der Waals surface area contributed by atoms with E-state index in [1.807, 2.05) is 41.7 Å². The van der Waals surface area contributed by atoms with Crippen molar-refractivity contribution in [2.75, 3.05) is 18.1 Å². The number of carbonyl (C=O) groups is 1. The third-order valence-electron chi connectivity index (χ3n) is 5.86. The number of amides is 1. The molecule has 0 bridgehead atoms. The number of ether oxygens (including phenoxy) is 1. The van der Waals surface area contributed by atoms with E-state index in [-0.39, 0.29) is 16.0 Å². The van der Waals surface area contributed by atoms with E-state index in [0.29, 0.717) is 18.4 Å². The first-order valence-corrected chi connectivity index (χ1v) is 9.93. The monoisotopic (exact) mass is 333 g/mol. The Kier molecular flexibility index (Phi) is 2.79. The summed E-state index contributed by atoms with van der Waals surface area (Å²) in [7, 11) is 0. The molecule has 4 aliphatic rings. The fourth-order valence-electron chi connectivity index (χ4n) is 4.75. The van der Waals surface area contributed by atoms with Crippen LogP contribution in [0.2, 0.25) is 0 Å². The van der Waals surface area contributed by atoms with Crippen LogP contribution < -0.4 is 0 Å². The minimum absolute atomic E-state index is 0.0813. The Morgan fingerprint density at radius 1 is 1.23 bits per heavy atom. The summed E-state index contributed by atoms with van der Waals surface area (Å²) in [6.07, 6.45) is 1.12. The van der Waals surface area contributed by atoms with Crippen LogP contribution in [-0.4, -0.2) is 38.7 Å². The lowest BCUT2D eigenvalue weighted by Gasteiger charge is -2.49. The molecule has 3 aliphatic heterocycles. The molecule has 1 saturated carbocycles. The van der Waals surface area contributed by atoms with Gasteiger partial charge in [0.1, 0.15) is 5.72 Å². The van der Waals surface area contributed by atoms with Gasteiger partial charge in [-0.05, 0) is 18.9 Å². The minimum Gasteiger partial charge on any atom is -0.353 e. The Morgan fingerprint density at radius 2 is 1.95 bits per heavy atom. The number of benzene rings is 1. The van der Waals surface area contributed by atoms with Crippen LogP contribution >= 0.6 is 23.5 Å². The van der Waals surface area contributed by atoms with Gasteiger partial charge in [-0.15, -0.1) is 23.5 Å². The Morgan fingerprint density at radius 3 is 2.68 bits per heavy atom. The predicted octanol–water partition coefficient (Wildman–Crippen LogP) is 3.13. The summed E-state index contributed by atoms with van der Waals surface area (Å²) in [5, 5.41) is 0. The summed E-state index contributed by atoms with van der Waals surface area (Å²) in [5.74, 6) is 3.21. The van der Waals surface area contributed by atoms with Crippen LogP contribution in [0.4, 0.5) is 0 Å². The van der Waals surface area contributed by atoms with Gasteiger partial charge in [0.2, 0.25) is 5.91 Å². The standard InChI is InChI=1S/C17H19NO2S2/c1-16-12-9-17(21-7-8-22-17)14(12)15(19)18(16)13(10-20-16)11-5-3-2-4-6-11/h2-6,12-14H,7-10H2,1H3/t12-,13-,14?,16-/m1/s1. The number of nitrogens with zero attached hydrogens (tertiary/aromatic N) is 1. The second-order valence-electron chi connectivity index (χ2n) is 6.80. The fraction of sp³-hybridized carbons (Fsp3) is 0.588. The molecule has 3 heterocycles. The Bertz CT molecular complexity index is 631. The van der Waals surface area contributed by atoms with Crippen molar-refractivity contribution in [2.24, 2.45) is 11.8 Å². The Hall–Kier alpha value is -0.650.